The number of carbonyl (C=O) groups is 1. The lowest BCUT2D eigenvalue weighted by atomic mass is 10.1. The molecule has 2 rings (SSSR count). The molecule has 16 heavy (non-hydrogen) atoms. The number of hydrogen-bond donors (Lipinski definition) is 2. The molecule has 0 aromatic carbocycles. The molecule has 0 radical (unpaired) electrons. The van der Waals surface area contributed by atoms with Crippen molar-refractivity contribution in [3.8, 4) is 0 Å². The van der Waals surface area contributed by atoms with Gasteiger partial charge < -0.3 is 10.4 Å². The van der Waals surface area contributed by atoms with Gasteiger partial charge in [0, 0.05) is 18.1 Å². The van der Waals surface area contributed by atoms with E-state index >= 15 is 0 Å². The van der Waals surface area contributed by atoms with Crippen molar-refractivity contribution in [2.45, 2.75) is 18.9 Å². The third-order valence-electron chi connectivity index (χ3n) is 2.53. The zero-order chi connectivity index (χ0) is 11.4. The van der Waals surface area contributed by atoms with Crippen molar-refractivity contribution < 1.29 is 9.90 Å². The first-order valence-electron chi connectivity index (χ1n) is 5.34. The van der Waals surface area contributed by atoms with E-state index in [0.29, 0.717) is 18.2 Å². The van der Waals surface area contributed by atoms with Gasteiger partial charge in [0.2, 0.25) is 5.91 Å². The van der Waals surface area contributed by atoms with Crippen molar-refractivity contribution in [2.24, 2.45) is 0 Å². The van der Waals surface area contributed by atoms with Crippen LogP contribution in [-0.4, -0.2) is 46.6 Å². The van der Waals surface area contributed by atoms with Gasteiger partial charge in [0.15, 0.2) is 5.13 Å². The summed E-state index contributed by atoms with van der Waals surface area (Å²) in [5.41, 5.74) is 0. The van der Waals surface area contributed by atoms with Crippen LogP contribution < -0.4 is 5.32 Å². The molecule has 2 N–H and O–H groups in total. The Hall–Kier alpha value is -0.980. The van der Waals surface area contributed by atoms with E-state index in [1.807, 2.05) is 10.3 Å². The molecule has 1 aromatic rings. The lowest BCUT2D eigenvalue weighted by molar-refractivity contribution is -0.118. The number of likely N-dealkylation sites (tertiary alicyclic amines) is 1. The topological polar surface area (TPSA) is 65.5 Å². The minimum absolute atomic E-state index is 0.0657. The Morgan fingerprint density at radius 2 is 2.62 bits per heavy atom. The predicted molar refractivity (Wildman–Crippen MR) is 62.4 cm³/mol. The summed E-state index contributed by atoms with van der Waals surface area (Å²) in [5.74, 6) is -0.0657. The summed E-state index contributed by atoms with van der Waals surface area (Å²) in [5, 5.41) is 14.6. The van der Waals surface area contributed by atoms with Crippen molar-refractivity contribution in [3.63, 3.8) is 0 Å². The second-order valence-corrected chi connectivity index (χ2v) is 4.81. The summed E-state index contributed by atoms with van der Waals surface area (Å²) in [4.78, 5) is 17.6. The van der Waals surface area contributed by atoms with Gasteiger partial charge in [-0.1, -0.05) is 0 Å². The fraction of sp³-hybridized carbons (Fsp3) is 0.600. The Bertz CT molecular complexity index is 342. The molecule has 1 unspecified atom stereocenters. The van der Waals surface area contributed by atoms with Crippen LogP contribution in [0.15, 0.2) is 11.6 Å². The number of aromatic nitrogens is 1. The number of nitrogens with zero attached hydrogens (tertiary/aromatic N) is 2. The van der Waals surface area contributed by atoms with Gasteiger partial charge in [-0.05, 0) is 19.4 Å². The molecular weight excluding hydrogens is 226 g/mol. The van der Waals surface area contributed by atoms with Crippen LogP contribution in [-0.2, 0) is 4.79 Å². The average molecular weight is 241 g/mol. The Morgan fingerprint density at radius 1 is 1.75 bits per heavy atom. The minimum atomic E-state index is -0.290. The highest BCUT2D eigenvalue weighted by Crippen LogP contribution is 2.12. The fourth-order valence-electron chi connectivity index (χ4n) is 1.82. The van der Waals surface area contributed by atoms with Crippen LogP contribution in [0.2, 0.25) is 0 Å². The number of aliphatic hydroxyl groups is 1. The Morgan fingerprint density at radius 3 is 3.31 bits per heavy atom. The molecule has 0 aliphatic carbocycles. The Kier molecular flexibility index (Phi) is 3.87. The molecule has 1 aliphatic rings. The van der Waals surface area contributed by atoms with Crippen molar-refractivity contribution >= 4 is 22.4 Å². The van der Waals surface area contributed by atoms with E-state index in [0.717, 1.165) is 19.4 Å². The number of anilines is 1. The normalized spacial score (nSPS) is 21.9. The number of thiazole rings is 1. The first-order valence-corrected chi connectivity index (χ1v) is 6.22. The summed E-state index contributed by atoms with van der Waals surface area (Å²) in [7, 11) is 0. The number of piperidine rings is 1. The molecule has 88 valence electrons. The molecule has 1 aliphatic heterocycles. The summed E-state index contributed by atoms with van der Waals surface area (Å²) in [6.45, 7) is 1.80. The molecule has 0 saturated carbocycles. The molecule has 5 nitrogen and oxygen atoms in total. The number of β-amino-alcohol motifs (C(OH)–C–C–N with tert-alkyl or cyclic N) is 1. The second kappa shape index (κ2) is 5.38. The highest BCUT2D eigenvalue weighted by molar-refractivity contribution is 7.13. The fourth-order valence-corrected chi connectivity index (χ4v) is 2.37. The van der Waals surface area contributed by atoms with Crippen LogP contribution in [0, 0.1) is 0 Å². The van der Waals surface area contributed by atoms with Crippen LogP contribution in [0.25, 0.3) is 0 Å². The van der Waals surface area contributed by atoms with Gasteiger partial charge in [-0.15, -0.1) is 11.3 Å². The number of aliphatic hydroxyl groups excluding tert-OH is 1. The van der Waals surface area contributed by atoms with Gasteiger partial charge in [-0.25, -0.2) is 4.98 Å². The van der Waals surface area contributed by atoms with Gasteiger partial charge in [0.1, 0.15) is 0 Å². The van der Waals surface area contributed by atoms with Crippen molar-refractivity contribution in [3.05, 3.63) is 11.6 Å². The number of rotatable bonds is 3. The summed E-state index contributed by atoms with van der Waals surface area (Å²) in [6, 6.07) is 0. The van der Waals surface area contributed by atoms with Gasteiger partial charge >= 0.3 is 0 Å². The van der Waals surface area contributed by atoms with Crippen LogP contribution >= 0.6 is 11.3 Å². The third kappa shape index (κ3) is 3.26. The Balaban J connectivity index is 1.78. The van der Waals surface area contributed by atoms with Gasteiger partial charge in [-0.3, -0.25) is 9.69 Å². The van der Waals surface area contributed by atoms with E-state index in [1.54, 1.807) is 6.20 Å². The molecule has 1 aromatic heterocycles. The third-order valence-corrected chi connectivity index (χ3v) is 3.22. The van der Waals surface area contributed by atoms with Crippen LogP contribution in [0.1, 0.15) is 12.8 Å². The van der Waals surface area contributed by atoms with E-state index < -0.39 is 0 Å². The summed E-state index contributed by atoms with van der Waals surface area (Å²) >= 11 is 1.40. The van der Waals surface area contributed by atoms with Gasteiger partial charge in [0.25, 0.3) is 0 Å². The lowest BCUT2D eigenvalue weighted by Gasteiger charge is -2.29. The molecule has 0 spiro atoms. The largest absolute Gasteiger partial charge is 0.392 e. The van der Waals surface area contributed by atoms with E-state index in [9.17, 15) is 9.90 Å². The molecule has 1 amide bonds. The highest BCUT2D eigenvalue weighted by Gasteiger charge is 2.19. The molecule has 1 saturated heterocycles. The molecule has 0 bridgehead atoms. The molecule has 6 heteroatoms. The zero-order valence-corrected chi connectivity index (χ0v) is 9.74. The lowest BCUT2D eigenvalue weighted by Crippen LogP contribution is -2.42. The summed E-state index contributed by atoms with van der Waals surface area (Å²) < 4.78 is 0. The maximum Gasteiger partial charge on any atom is 0.240 e. The smallest absolute Gasteiger partial charge is 0.240 e. The molecular formula is C10H15N3O2S. The second-order valence-electron chi connectivity index (χ2n) is 3.92. The van der Waals surface area contributed by atoms with E-state index in [-0.39, 0.29) is 12.0 Å². The van der Waals surface area contributed by atoms with Gasteiger partial charge in [-0.2, -0.15) is 0 Å². The monoisotopic (exact) mass is 241 g/mol. The minimum Gasteiger partial charge on any atom is -0.392 e. The first kappa shape index (κ1) is 11.5. The molecule has 2 heterocycles. The number of nitrogens with one attached hydrogen (secondary N) is 1. The van der Waals surface area contributed by atoms with Crippen molar-refractivity contribution in [1.29, 1.82) is 0 Å². The molecule has 1 atom stereocenters. The van der Waals surface area contributed by atoms with E-state index in [1.165, 1.54) is 11.3 Å². The summed E-state index contributed by atoms with van der Waals surface area (Å²) in [6.07, 6.45) is 3.16. The number of carbonyl (C=O) groups excluding carboxylic acids is 1. The van der Waals surface area contributed by atoms with E-state index in [2.05, 4.69) is 10.3 Å². The quantitative estimate of drug-likeness (QED) is 0.810. The van der Waals surface area contributed by atoms with Crippen molar-refractivity contribution in [1.82, 2.24) is 9.88 Å². The standard InChI is InChI=1S/C10H15N3O2S/c14-8-2-1-4-13(6-8)7-9(15)12-10-11-3-5-16-10/h3,5,8,14H,1-2,4,6-7H2,(H,11,12,15). The predicted octanol–water partition coefficient (Wildman–Crippen LogP) is 0.538. The Labute approximate surface area is 98.1 Å². The van der Waals surface area contributed by atoms with Crippen LogP contribution in [0.5, 0.6) is 0 Å². The maximum atomic E-state index is 11.6. The van der Waals surface area contributed by atoms with Gasteiger partial charge in [0.05, 0.1) is 12.6 Å². The number of amides is 1. The number of hydrogen-bond acceptors (Lipinski definition) is 5. The van der Waals surface area contributed by atoms with Crippen molar-refractivity contribution in [2.75, 3.05) is 25.0 Å². The van der Waals surface area contributed by atoms with Crippen LogP contribution in [0.4, 0.5) is 5.13 Å². The SMILES string of the molecule is O=C(CN1CCCC(O)C1)Nc1nccs1. The highest BCUT2D eigenvalue weighted by atomic mass is 32.1. The van der Waals surface area contributed by atoms with Crippen LogP contribution in [0.3, 0.4) is 0 Å². The molecule has 1 fully saturated rings. The average Bonchev–Trinajstić information content (AvgIpc) is 2.70. The first-order chi connectivity index (χ1) is 7.74. The zero-order valence-electron chi connectivity index (χ0n) is 8.93. The van der Waals surface area contributed by atoms with E-state index in [4.69, 9.17) is 0 Å². The maximum absolute atomic E-state index is 11.6.